The number of aromatic nitrogens is 1. The van der Waals surface area contributed by atoms with Gasteiger partial charge in [-0.3, -0.25) is 4.98 Å². The van der Waals surface area contributed by atoms with Crippen molar-refractivity contribution in [3.8, 4) is 11.5 Å². The number of carbonyl (C=O) groups excluding carboxylic acids is 1. The summed E-state index contributed by atoms with van der Waals surface area (Å²) >= 11 is 0. The van der Waals surface area contributed by atoms with Crippen LogP contribution in [-0.2, 0) is 23.0 Å². The van der Waals surface area contributed by atoms with Gasteiger partial charge in [0, 0.05) is 30.9 Å². The highest BCUT2D eigenvalue weighted by atomic mass is 16.5. The molecule has 6 heteroatoms. The number of benzene rings is 1. The molecule has 1 amide bonds. The van der Waals surface area contributed by atoms with Crippen molar-refractivity contribution in [2.45, 2.75) is 31.1 Å². The first-order chi connectivity index (χ1) is 13.5. The average Bonchev–Trinajstić information content (AvgIpc) is 2.76. The van der Waals surface area contributed by atoms with Crippen LogP contribution < -0.4 is 9.47 Å². The molecule has 1 heterocycles. The van der Waals surface area contributed by atoms with Crippen molar-refractivity contribution in [2.24, 2.45) is 0 Å². The molecule has 0 unspecified atom stereocenters. The lowest BCUT2D eigenvalue weighted by Crippen LogP contribution is -2.38. The molecule has 1 aliphatic carbocycles. The van der Waals surface area contributed by atoms with Gasteiger partial charge in [-0.1, -0.05) is 12.1 Å². The van der Waals surface area contributed by atoms with Crippen LogP contribution in [0.2, 0.25) is 0 Å². The summed E-state index contributed by atoms with van der Waals surface area (Å²) in [6.07, 6.45) is 5.10. The molecule has 1 aliphatic rings. The minimum absolute atomic E-state index is 0.113. The molecule has 0 fully saturated rings. The zero-order valence-electron chi connectivity index (χ0n) is 17.0. The minimum atomic E-state index is -0.319. The molecule has 0 bridgehead atoms. The first-order valence-corrected chi connectivity index (χ1v) is 9.47. The smallest absolute Gasteiger partial charge is 0.409 e. The predicted molar refractivity (Wildman–Crippen MR) is 107 cm³/mol. The number of hydrogen-bond donors (Lipinski definition) is 0. The number of methoxy groups -OCH3 is 3. The van der Waals surface area contributed by atoms with E-state index in [1.54, 1.807) is 26.2 Å². The van der Waals surface area contributed by atoms with E-state index in [2.05, 4.69) is 23.2 Å². The molecule has 3 rings (SSSR count). The van der Waals surface area contributed by atoms with Crippen LogP contribution in [0.4, 0.5) is 4.79 Å². The number of nitrogens with zero attached hydrogens (tertiary/aromatic N) is 2. The fourth-order valence-electron chi connectivity index (χ4n) is 4.07. The summed E-state index contributed by atoms with van der Waals surface area (Å²) in [6.45, 7) is 0.608. The molecule has 2 aromatic rings. The van der Waals surface area contributed by atoms with Gasteiger partial charge in [-0.25, -0.2) is 4.79 Å². The number of ether oxygens (including phenoxy) is 3. The Balaban J connectivity index is 1.97. The molecule has 0 N–H and O–H groups in total. The molecule has 28 heavy (non-hydrogen) atoms. The van der Waals surface area contributed by atoms with Crippen molar-refractivity contribution in [3.05, 3.63) is 53.3 Å². The molecule has 0 saturated heterocycles. The molecule has 150 valence electrons. The van der Waals surface area contributed by atoms with Gasteiger partial charge in [0.15, 0.2) is 11.5 Å². The number of pyridine rings is 1. The Labute approximate surface area is 166 Å². The van der Waals surface area contributed by atoms with E-state index in [4.69, 9.17) is 14.2 Å². The summed E-state index contributed by atoms with van der Waals surface area (Å²) in [5.74, 6) is 1.43. The third-order valence-corrected chi connectivity index (χ3v) is 5.76. The van der Waals surface area contributed by atoms with Gasteiger partial charge >= 0.3 is 6.09 Å². The number of hydrogen-bond acceptors (Lipinski definition) is 5. The van der Waals surface area contributed by atoms with Gasteiger partial charge in [0.2, 0.25) is 0 Å². The third-order valence-electron chi connectivity index (χ3n) is 5.76. The van der Waals surface area contributed by atoms with Crippen LogP contribution in [0.3, 0.4) is 0 Å². The zero-order chi connectivity index (χ0) is 20.1. The molecule has 0 radical (unpaired) electrons. The second-order valence-electron chi connectivity index (χ2n) is 7.28. The molecule has 0 aliphatic heterocycles. The number of aryl methyl sites for hydroxylation is 1. The van der Waals surface area contributed by atoms with Crippen LogP contribution in [0.15, 0.2) is 36.5 Å². The van der Waals surface area contributed by atoms with Crippen molar-refractivity contribution < 1.29 is 19.0 Å². The molecule has 0 spiro atoms. The number of carbonyl (C=O) groups is 1. The van der Waals surface area contributed by atoms with Crippen LogP contribution in [0.5, 0.6) is 11.5 Å². The van der Waals surface area contributed by atoms with Gasteiger partial charge in [-0.05, 0) is 55.0 Å². The molecule has 6 nitrogen and oxygen atoms in total. The Morgan fingerprint density at radius 1 is 1.18 bits per heavy atom. The Kier molecular flexibility index (Phi) is 6.07. The quantitative estimate of drug-likeness (QED) is 0.761. The maximum atomic E-state index is 11.9. The SMILES string of the molecule is COC(=O)N(C)CC[C@]1(c2ccc(OC)c(OC)c2)CCc2ncccc2C1. The zero-order valence-corrected chi connectivity index (χ0v) is 17.0. The van der Waals surface area contributed by atoms with Crippen LogP contribution >= 0.6 is 0 Å². The Bertz CT molecular complexity index is 839. The molecule has 1 aromatic heterocycles. The van der Waals surface area contributed by atoms with E-state index < -0.39 is 0 Å². The molecular weight excluding hydrogens is 356 g/mol. The fourth-order valence-corrected chi connectivity index (χ4v) is 4.07. The van der Waals surface area contributed by atoms with Gasteiger partial charge in [0.25, 0.3) is 0 Å². The van der Waals surface area contributed by atoms with Gasteiger partial charge in [0.1, 0.15) is 0 Å². The number of rotatable bonds is 6. The minimum Gasteiger partial charge on any atom is -0.493 e. The summed E-state index contributed by atoms with van der Waals surface area (Å²) in [5, 5.41) is 0. The summed E-state index contributed by atoms with van der Waals surface area (Å²) in [7, 11) is 6.47. The summed E-state index contributed by atoms with van der Waals surface area (Å²) in [4.78, 5) is 18.0. The van der Waals surface area contributed by atoms with Gasteiger partial charge < -0.3 is 19.1 Å². The van der Waals surface area contributed by atoms with Gasteiger partial charge in [-0.15, -0.1) is 0 Å². The van der Waals surface area contributed by atoms with E-state index in [0.29, 0.717) is 12.3 Å². The first-order valence-electron chi connectivity index (χ1n) is 9.47. The van der Waals surface area contributed by atoms with E-state index in [9.17, 15) is 4.79 Å². The van der Waals surface area contributed by atoms with E-state index in [0.717, 1.165) is 31.4 Å². The molecule has 1 aromatic carbocycles. The Morgan fingerprint density at radius 2 is 1.96 bits per heavy atom. The molecular formula is C22H28N2O4. The van der Waals surface area contributed by atoms with Crippen LogP contribution in [-0.4, -0.2) is 50.9 Å². The summed E-state index contributed by atoms with van der Waals surface area (Å²) < 4.78 is 15.8. The Hall–Kier alpha value is -2.76. The van der Waals surface area contributed by atoms with Crippen LogP contribution in [0.1, 0.15) is 29.7 Å². The van der Waals surface area contributed by atoms with Crippen LogP contribution in [0.25, 0.3) is 0 Å². The fraction of sp³-hybridized carbons (Fsp3) is 0.455. The van der Waals surface area contributed by atoms with Gasteiger partial charge in [-0.2, -0.15) is 0 Å². The number of fused-ring (bicyclic) bond motifs is 1. The normalized spacial score (nSPS) is 18.1. The average molecular weight is 384 g/mol. The maximum absolute atomic E-state index is 11.9. The standard InChI is InChI=1S/C22H28N2O4/c1-24(21(25)28-4)13-11-22(10-9-18-16(15-22)6-5-12-23-18)17-7-8-19(26-2)20(14-17)27-3/h5-8,12,14H,9-11,13,15H2,1-4H3/t22-/m1/s1. The second-order valence-corrected chi connectivity index (χ2v) is 7.28. The summed E-state index contributed by atoms with van der Waals surface area (Å²) in [5.41, 5.74) is 3.51. The maximum Gasteiger partial charge on any atom is 0.409 e. The predicted octanol–water partition coefficient (Wildman–Crippen LogP) is 3.61. The van der Waals surface area contributed by atoms with Crippen molar-refractivity contribution >= 4 is 6.09 Å². The third kappa shape index (κ3) is 3.91. The molecule has 0 saturated carbocycles. The molecule has 1 atom stereocenters. The van der Waals surface area contributed by atoms with Crippen molar-refractivity contribution in [1.82, 2.24) is 9.88 Å². The first kappa shape index (κ1) is 20.0. The van der Waals surface area contributed by atoms with E-state index >= 15 is 0 Å². The highest BCUT2D eigenvalue weighted by molar-refractivity contribution is 5.66. The van der Waals surface area contributed by atoms with Crippen molar-refractivity contribution in [3.63, 3.8) is 0 Å². The largest absolute Gasteiger partial charge is 0.493 e. The van der Waals surface area contributed by atoms with E-state index in [1.807, 2.05) is 18.3 Å². The van der Waals surface area contributed by atoms with Crippen molar-refractivity contribution in [2.75, 3.05) is 34.9 Å². The second kappa shape index (κ2) is 8.50. The topological polar surface area (TPSA) is 60.9 Å². The lowest BCUT2D eigenvalue weighted by atomic mass is 9.66. The van der Waals surface area contributed by atoms with Gasteiger partial charge in [0.05, 0.1) is 21.3 Å². The monoisotopic (exact) mass is 384 g/mol. The highest BCUT2D eigenvalue weighted by Crippen LogP contribution is 2.43. The lowest BCUT2D eigenvalue weighted by molar-refractivity contribution is 0.128. The number of amides is 1. The van der Waals surface area contributed by atoms with E-state index in [1.165, 1.54) is 23.9 Å². The Morgan fingerprint density at radius 3 is 2.68 bits per heavy atom. The van der Waals surface area contributed by atoms with Crippen molar-refractivity contribution in [1.29, 1.82) is 0 Å². The lowest BCUT2D eigenvalue weighted by Gasteiger charge is -2.39. The highest BCUT2D eigenvalue weighted by Gasteiger charge is 2.37. The van der Waals surface area contributed by atoms with E-state index in [-0.39, 0.29) is 11.5 Å². The van der Waals surface area contributed by atoms with Crippen LogP contribution in [0, 0.1) is 0 Å². The summed E-state index contributed by atoms with van der Waals surface area (Å²) in [6, 6.07) is 10.3.